The summed E-state index contributed by atoms with van der Waals surface area (Å²) in [7, 11) is 0. The number of alkyl halides is 1. The third kappa shape index (κ3) is 5.71. The standard InChI is InChI=1S/C23H30Cl2FN5O3/c1-3-16-20(14-6-5-13(24)11-15(14)25)28-17(4-2)22(29-16)30-21-18(7-9-27)31(23(32)33)12-19(21)34-10-8-26/h5-6,11,18-19,21H,3-4,7-10,12,27H2,1-2H3,(H,29,30)(H,32,33)/t18?,19-,21+/m0/s1. The van der Waals surface area contributed by atoms with Crippen molar-refractivity contribution in [2.75, 3.05) is 31.7 Å². The molecule has 4 N–H and O–H groups in total. The lowest BCUT2D eigenvalue weighted by Crippen LogP contribution is -2.45. The maximum absolute atomic E-state index is 12.8. The molecule has 1 aliphatic heterocycles. The average Bonchev–Trinajstić information content (AvgIpc) is 3.15. The molecule has 1 saturated heterocycles. The minimum atomic E-state index is -1.07. The second-order valence-electron chi connectivity index (χ2n) is 7.99. The molecule has 1 unspecified atom stereocenters. The first-order valence-electron chi connectivity index (χ1n) is 11.3. The Hall–Kier alpha value is -2.20. The summed E-state index contributed by atoms with van der Waals surface area (Å²) < 4.78 is 18.5. The maximum atomic E-state index is 12.8. The molecule has 186 valence electrons. The molecule has 1 aromatic carbocycles. The van der Waals surface area contributed by atoms with Crippen LogP contribution < -0.4 is 11.1 Å². The summed E-state index contributed by atoms with van der Waals surface area (Å²) in [6.07, 6.45) is -0.0247. The fourth-order valence-electron chi connectivity index (χ4n) is 4.32. The van der Waals surface area contributed by atoms with Gasteiger partial charge in [-0.05, 0) is 44.0 Å². The quantitative estimate of drug-likeness (QED) is 0.430. The zero-order valence-electron chi connectivity index (χ0n) is 19.2. The number of nitrogens with two attached hydrogens (primary N) is 1. The Kier molecular flexibility index (Phi) is 9.30. The molecule has 3 atom stereocenters. The molecule has 2 aromatic rings. The van der Waals surface area contributed by atoms with Gasteiger partial charge in [-0.3, -0.25) is 0 Å². The van der Waals surface area contributed by atoms with Crippen LogP contribution in [-0.4, -0.2) is 70.6 Å². The average molecular weight is 514 g/mol. The van der Waals surface area contributed by atoms with Crippen LogP contribution in [0.4, 0.5) is 15.0 Å². The normalized spacial score (nSPS) is 20.1. The molecule has 0 spiro atoms. The Balaban J connectivity index is 2.02. The van der Waals surface area contributed by atoms with Gasteiger partial charge in [0.1, 0.15) is 12.5 Å². The predicted octanol–water partition coefficient (Wildman–Crippen LogP) is 4.42. The van der Waals surface area contributed by atoms with Gasteiger partial charge in [-0.15, -0.1) is 0 Å². The number of nitrogens with one attached hydrogen (secondary N) is 1. The van der Waals surface area contributed by atoms with E-state index >= 15 is 0 Å². The number of benzene rings is 1. The van der Waals surface area contributed by atoms with E-state index in [4.69, 9.17) is 43.6 Å². The summed E-state index contributed by atoms with van der Waals surface area (Å²) in [5.41, 5.74) is 8.62. The van der Waals surface area contributed by atoms with Gasteiger partial charge in [-0.2, -0.15) is 0 Å². The number of carboxylic acid groups (broad SMARTS) is 1. The number of likely N-dealkylation sites (tertiary alicyclic amines) is 1. The van der Waals surface area contributed by atoms with Gasteiger partial charge in [0, 0.05) is 10.6 Å². The second-order valence-corrected chi connectivity index (χ2v) is 8.84. The van der Waals surface area contributed by atoms with E-state index in [0.717, 1.165) is 11.3 Å². The lowest BCUT2D eigenvalue weighted by molar-refractivity contribution is 0.0449. The van der Waals surface area contributed by atoms with Gasteiger partial charge in [0.15, 0.2) is 0 Å². The van der Waals surface area contributed by atoms with E-state index in [-0.39, 0.29) is 13.2 Å². The van der Waals surface area contributed by atoms with Gasteiger partial charge in [0.05, 0.1) is 53.4 Å². The fourth-order valence-corrected chi connectivity index (χ4v) is 4.82. The minimum absolute atomic E-state index is 0.117. The number of anilines is 1. The molecule has 0 aliphatic carbocycles. The first kappa shape index (κ1) is 26.4. The number of hydrogen-bond acceptors (Lipinski definition) is 6. The van der Waals surface area contributed by atoms with Crippen molar-refractivity contribution in [2.24, 2.45) is 5.73 Å². The van der Waals surface area contributed by atoms with Gasteiger partial charge in [0.2, 0.25) is 0 Å². The van der Waals surface area contributed by atoms with E-state index in [9.17, 15) is 14.3 Å². The molecule has 1 fully saturated rings. The molecule has 1 aromatic heterocycles. The van der Waals surface area contributed by atoms with Crippen LogP contribution >= 0.6 is 23.2 Å². The molecule has 34 heavy (non-hydrogen) atoms. The topological polar surface area (TPSA) is 114 Å². The number of nitrogens with zero attached hydrogens (tertiary/aromatic N) is 3. The number of amides is 1. The molecule has 1 aliphatic rings. The van der Waals surface area contributed by atoms with Crippen LogP contribution in [0.5, 0.6) is 0 Å². The van der Waals surface area contributed by atoms with E-state index in [0.29, 0.717) is 53.1 Å². The zero-order chi connectivity index (χ0) is 24.8. The molecule has 11 heteroatoms. The number of hydrogen-bond donors (Lipinski definition) is 3. The molecular formula is C23H30Cl2FN5O3. The highest BCUT2D eigenvalue weighted by Crippen LogP contribution is 2.34. The van der Waals surface area contributed by atoms with E-state index < -0.39 is 31.0 Å². The Labute approximate surface area is 208 Å². The Morgan fingerprint density at radius 2 is 2.03 bits per heavy atom. The highest BCUT2D eigenvalue weighted by atomic mass is 35.5. The number of ether oxygens (including phenoxy) is 1. The number of rotatable bonds is 10. The fraction of sp³-hybridized carbons (Fsp3) is 0.522. The van der Waals surface area contributed by atoms with Crippen molar-refractivity contribution in [3.05, 3.63) is 39.6 Å². The van der Waals surface area contributed by atoms with Crippen LogP contribution in [0, 0.1) is 0 Å². The number of carbonyl (C=O) groups is 1. The second kappa shape index (κ2) is 12.0. The van der Waals surface area contributed by atoms with E-state index in [1.165, 1.54) is 4.90 Å². The predicted molar refractivity (Wildman–Crippen MR) is 132 cm³/mol. The first-order chi connectivity index (χ1) is 16.3. The largest absolute Gasteiger partial charge is 0.465 e. The molecule has 0 radical (unpaired) electrons. The van der Waals surface area contributed by atoms with Crippen molar-refractivity contribution in [2.45, 2.75) is 51.3 Å². The van der Waals surface area contributed by atoms with Gasteiger partial charge in [-0.25, -0.2) is 19.2 Å². The van der Waals surface area contributed by atoms with Crippen molar-refractivity contribution < 1.29 is 19.0 Å². The van der Waals surface area contributed by atoms with Crippen LogP contribution in [0.3, 0.4) is 0 Å². The van der Waals surface area contributed by atoms with Crippen LogP contribution in [0.15, 0.2) is 18.2 Å². The minimum Gasteiger partial charge on any atom is -0.465 e. The Morgan fingerprint density at radius 3 is 2.62 bits per heavy atom. The van der Waals surface area contributed by atoms with Crippen LogP contribution in [0.1, 0.15) is 31.7 Å². The van der Waals surface area contributed by atoms with Crippen molar-refractivity contribution in [3.8, 4) is 11.3 Å². The first-order valence-corrected chi connectivity index (χ1v) is 12.1. The summed E-state index contributed by atoms with van der Waals surface area (Å²) >= 11 is 12.5. The smallest absolute Gasteiger partial charge is 0.407 e. The van der Waals surface area contributed by atoms with Crippen molar-refractivity contribution in [3.63, 3.8) is 0 Å². The third-order valence-corrected chi connectivity index (χ3v) is 6.46. The van der Waals surface area contributed by atoms with Gasteiger partial charge >= 0.3 is 6.09 Å². The molecule has 0 bridgehead atoms. The third-order valence-electron chi connectivity index (χ3n) is 5.91. The lowest BCUT2D eigenvalue weighted by atomic mass is 10.0. The van der Waals surface area contributed by atoms with E-state index in [1.54, 1.807) is 12.1 Å². The Bertz CT molecular complexity index is 1010. The van der Waals surface area contributed by atoms with Crippen molar-refractivity contribution in [1.29, 1.82) is 0 Å². The maximum Gasteiger partial charge on any atom is 0.407 e. The summed E-state index contributed by atoms with van der Waals surface area (Å²) in [6.45, 7) is 3.56. The number of aryl methyl sites for hydroxylation is 2. The van der Waals surface area contributed by atoms with Gasteiger partial charge in [0.25, 0.3) is 0 Å². The summed E-state index contributed by atoms with van der Waals surface area (Å²) in [4.78, 5) is 22.9. The molecule has 3 rings (SSSR count). The molecule has 2 heterocycles. The van der Waals surface area contributed by atoms with E-state index in [1.807, 2.05) is 19.9 Å². The van der Waals surface area contributed by atoms with Crippen molar-refractivity contribution in [1.82, 2.24) is 14.9 Å². The molecular weight excluding hydrogens is 484 g/mol. The lowest BCUT2D eigenvalue weighted by Gasteiger charge is -2.28. The molecule has 8 nitrogen and oxygen atoms in total. The number of aromatic nitrogens is 2. The number of halogens is 3. The van der Waals surface area contributed by atoms with Gasteiger partial charge < -0.3 is 25.8 Å². The van der Waals surface area contributed by atoms with Gasteiger partial charge in [-0.1, -0.05) is 37.0 Å². The summed E-state index contributed by atoms with van der Waals surface area (Å²) in [5.74, 6) is 0.543. The van der Waals surface area contributed by atoms with E-state index in [2.05, 4.69) is 5.32 Å². The highest BCUT2D eigenvalue weighted by molar-refractivity contribution is 6.36. The SMILES string of the molecule is CCc1nc(-c2ccc(Cl)cc2Cl)c(CC)nc1N[C@@H]1C(CCN)N(C(=O)O)C[C@@H]1OCCF. The summed E-state index contributed by atoms with van der Waals surface area (Å²) in [6, 6.07) is 4.33. The summed E-state index contributed by atoms with van der Waals surface area (Å²) in [5, 5.41) is 14.1. The Morgan fingerprint density at radius 1 is 1.29 bits per heavy atom. The molecule has 1 amide bonds. The monoisotopic (exact) mass is 513 g/mol. The van der Waals surface area contributed by atoms with Crippen molar-refractivity contribution >= 4 is 35.1 Å². The zero-order valence-corrected chi connectivity index (χ0v) is 20.7. The molecule has 0 saturated carbocycles. The van der Waals surface area contributed by atoms with Crippen LogP contribution in [-0.2, 0) is 17.6 Å². The van der Waals surface area contributed by atoms with Crippen LogP contribution in [0.2, 0.25) is 10.0 Å². The van der Waals surface area contributed by atoms with Crippen LogP contribution in [0.25, 0.3) is 11.3 Å². The highest BCUT2D eigenvalue weighted by Gasteiger charge is 2.45.